The van der Waals surface area contributed by atoms with Crippen molar-refractivity contribution in [3.63, 3.8) is 0 Å². The van der Waals surface area contributed by atoms with Gasteiger partial charge in [0.25, 0.3) is 5.79 Å². The maximum atomic E-state index is 15.0. The van der Waals surface area contributed by atoms with Crippen LogP contribution in [0, 0.1) is 17.1 Å². The van der Waals surface area contributed by atoms with E-state index < -0.39 is 23.6 Å². The molecule has 3 aromatic heterocycles. The van der Waals surface area contributed by atoms with Gasteiger partial charge in [-0.1, -0.05) is 12.1 Å². The second kappa shape index (κ2) is 12.4. The van der Waals surface area contributed by atoms with E-state index in [9.17, 15) is 17.6 Å². The molecule has 0 radical (unpaired) electrons. The summed E-state index contributed by atoms with van der Waals surface area (Å²) in [6.07, 6.45) is -1.54. The lowest BCUT2D eigenvalue weighted by atomic mass is 9.88. The SMILES string of the molecule is CO[C@H](C)Cn1c(CN2CCC(c3cccc4c3O[C@@](C)(c3ccc(C#N)cc3F)O4)CC2)nc2cc(-c3nnc(C(F)(F)F)[nH]3)ncc21. The van der Waals surface area contributed by atoms with E-state index in [1.165, 1.54) is 12.1 Å². The molecule has 1 saturated heterocycles. The molecule has 0 saturated carbocycles. The molecule has 0 unspecified atom stereocenters. The fourth-order valence-electron chi connectivity index (χ4n) is 6.50. The summed E-state index contributed by atoms with van der Waals surface area (Å²) < 4.78 is 74.3. The van der Waals surface area contributed by atoms with Crippen LogP contribution in [-0.2, 0) is 29.8 Å². The molecule has 2 aliphatic heterocycles. The smallest absolute Gasteiger partial charge is 0.444 e. The second-order valence-corrected chi connectivity index (χ2v) is 12.4. The molecule has 2 aromatic carbocycles. The summed E-state index contributed by atoms with van der Waals surface area (Å²) in [5.74, 6) is -1.15. The average Bonchev–Trinajstić information content (AvgIpc) is 3.80. The summed E-state index contributed by atoms with van der Waals surface area (Å²) in [5, 5.41) is 16.0. The van der Waals surface area contributed by atoms with Gasteiger partial charge in [-0.25, -0.2) is 9.37 Å². The standard InChI is InChI=1S/C34H32F4N8O3/c1-19(47-3)17-46-27-16-40-26(31-42-32(44-43-31)34(36,37)38)14-25(27)41-29(46)18-45-11-9-21(10-12-45)22-5-4-6-28-30(22)49-33(2,48-28)23-8-7-20(15-39)13-24(23)35/h4-8,13-14,16,19,21H,9-12,17-18H2,1-3H3,(H,42,43,44)/t19-,33+/m1/s1. The van der Waals surface area contributed by atoms with E-state index in [-0.39, 0.29) is 34.7 Å². The summed E-state index contributed by atoms with van der Waals surface area (Å²) in [7, 11) is 1.63. The first kappa shape index (κ1) is 32.5. The Balaban J connectivity index is 1.08. The van der Waals surface area contributed by atoms with Crippen LogP contribution >= 0.6 is 0 Å². The zero-order valence-electron chi connectivity index (χ0n) is 26.9. The lowest BCUT2D eigenvalue weighted by Crippen LogP contribution is -2.34. The molecule has 5 heterocycles. The van der Waals surface area contributed by atoms with E-state index >= 15 is 0 Å². The molecule has 5 aromatic rings. The van der Waals surface area contributed by atoms with Crippen LogP contribution in [0.25, 0.3) is 22.6 Å². The van der Waals surface area contributed by atoms with Crippen LogP contribution in [0.1, 0.15) is 60.9 Å². The summed E-state index contributed by atoms with van der Waals surface area (Å²) in [6, 6.07) is 13.5. The fraction of sp³-hybridized carbons (Fsp3) is 0.382. The van der Waals surface area contributed by atoms with E-state index in [1.807, 2.05) is 35.8 Å². The molecule has 7 rings (SSSR count). The predicted molar refractivity (Wildman–Crippen MR) is 168 cm³/mol. The molecular formula is C34H32F4N8O3. The van der Waals surface area contributed by atoms with Gasteiger partial charge in [-0.05, 0) is 69.1 Å². The first-order chi connectivity index (χ1) is 23.5. The van der Waals surface area contributed by atoms with Gasteiger partial charge in [-0.15, -0.1) is 10.2 Å². The Morgan fingerprint density at radius 3 is 2.63 bits per heavy atom. The van der Waals surface area contributed by atoms with Crippen molar-refractivity contribution in [2.24, 2.45) is 0 Å². The molecule has 0 aliphatic carbocycles. The Labute approximate surface area is 278 Å². The minimum atomic E-state index is -4.65. The zero-order valence-corrected chi connectivity index (χ0v) is 26.9. The van der Waals surface area contributed by atoms with Crippen LogP contribution in [0.4, 0.5) is 17.6 Å². The number of ether oxygens (including phenoxy) is 3. The number of hydrogen-bond acceptors (Lipinski definition) is 9. The van der Waals surface area contributed by atoms with Gasteiger partial charge >= 0.3 is 6.18 Å². The van der Waals surface area contributed by atoms with Crippen LogP contribution < -0.4 is 9.47 Å². The van der Waals surface area contributed by atoms with Gasteiger partial charge in [-0.3, -0.25) is 9.88 Å². The number of likely N-dealkylation sites (tertiary alicyclic amines) is 1. The third-order valence-electron chi connectivity index (χ3n) is 9.14. The number of hydrogen-bond donors (Lipinski definition) is 1. The predicted octanol–water partition coefficient (Wildman–Crippen LogP) is 6.30. The number of rotatable bonds is 8. The van der Waals surface area contributed by atoms with E-state index in [1.54, 1.807) is 32.4 Å². The Hall–Kier alpha value is -5.07. The first-order valence-electron chi connectivity index (χ1n) is 15.8. The number of fused-ring (bicyclic) bond motifs is 2. The third-order valence-corrected chi connectivity index (χ3v) is 9.14. The number of pyridine rings is 1. The molecule has 49 heavy (non-hydrogen) atoms. The number of aromatic nitrogens is 6. The maximum absolute atomic E-state index is 15.0. The Morgan fingerprint density at radius 2 is 1.94 bits per heavy atom. The lowest BCUT2D eigenvalue weighted by Gasteiger charge is -2.32. The van der Waals surface area contributed by atoms with Crippen molar-refractivity contribution in [3.05, 3.63) is 82.8 Å². The second-order valence-electron chi connectivity index (χ2n) is 12.4. The Bertz CT molecular complexity index is 2060. The van der Waals surface area contributed by atoms with E-state index in [2.05, 4.69) is 25.1 Å². The number of nitriles is 1. The molecule has 2 aliphatic rings. The van der Waals surface area contributed by atoms with E-state index in [0.29, 0.717) is 30.1 Å². The lowest BCUT2D eigenvalue weighted by molar-refractivity contribution is -0.144. The molecule has 11 nitrogen and oxygen atoms in total. The van der Waals surface area contributed by atoms with Gasteiger partial charge in [0.1, 0.15) is 17.3 Å². The number of nitrogens with one attached hydrogen (secondary N) is 1. The number of H-pyrrole nitrogens is 1. The molecule has 1 fully saturated rings. The molecule has 2 atom stereocenters. The number of piperidine rings is 1. The molecule has 15 heteroatoms. The highest BCUT2D eigenvalue weighted by atomic mass is 19.4. The average molecular weight is 677 g/mol. The quantitative estimate of drug-likeness (QED) is 0.188. The van der Waals surface area contributed by atoms with Crippen molar-refractivity contribution < 1.29 is 31.8 Å². The number of para-hydroxylation sites is 1. The highest BCUT2D eigenvalue weighted by Gasteiger charge is 2.43. The van der Waals surface area contributed by atoms with Crippen LogP contribution in [0.2, 0.25) is 0 Å². The number of methoxy groups -OCH3 is 1. The van der Waals surface area contributed by atoms with Gasteiger partial charge in [-0.2, -0.15) is 18.4 Å². The molecule has 0 spiro atoms. The van der Waals surface area contributed by atoms with Gasteiger partial charge in [0.2, 0.25) is 5.82 Å². The number of imidazole rings is 1. The number of benzene rings is 2. The summed E-state index contributed by atoms with van der Waals surface area (Å²) in [6.45, 7) is 6.19. The topological polar surface area (TPSA) is 127 Å². The molecular weight excluding hydrogens is 644 g/mol. The van der Waals surface area contributed by atoms with Crippen LogP contribution in [0.3, 0.4) is 0 Å². The van der Waals surface area contributed by atoms with Gasteiger partial charge in [0.15, 0.2) is 17.3 Å². The Kier molecular flexibility index (Phi) is 8.24. The van der Waals surface area contributed by atoms with Crippen LogP contribution in [-0.4, -0.2) is 60.9 Å². The van der Waals surface area contributed by atoms with Crippen molar-refractivity contribution in [2.45, 2.75) is 63.8 Å². The highest BCUT2D eigenvalue weighted by molar-refractivity contribution is 5.78. The molecule has 0 amide bonds. The van der Waals surface area contributed by atoms with Crippen LogP contribution in [0.5, 0.6) is 11.5 Å². The summed E-state index contributed by atoms with van der Waals surface area (Å²) >= 11 is 0. The largest absolute Gasteiger partial charge is 0.451 e. The molecule has 254 valence electrons. The van der Waals surface area contributed by atoms with Crippen molar-refractivity contribution in [2.75, 3.05) is 20.2 Å². The minimum absolute atomic E-state index is 0.0956. The van der Waals surface area contributed by atoms with E-state index in [4.69, 9.17) is 24.5 Å². The molecule has 1 N–H and O–H groups in total. The third kappa shape index (κ3) is 6.17. The van der Waals surface area contributed by atoms with Gasteiger partial charge in [0, 0.05) is 19.6 Å². The first-order valence-corrected chi connectivity index (χ1v) is 15.8. The zero-order chi connectivity index (χ0) is 34.5. The van der Waals surface area contributed by atoms with E-state index in [0.717, 1.165) is 42.8 Å². The van der Waals surface area contributed by atoms with Gasteiger partial charge in [0.05, 0.1) is 53.6 Å². The molecule has 0 bridgehead atoms. The number of aromatic amines is 1. The van der Waals surface area contributed by atoms with Crippen molar-refractivity contribution in [1.29, 1.82) is 5.26 Å². The summed E-state index contributed by atoms with van der Waals surface area (Å²) in [5.41, 5.74) is 2.92. The van der Waals surface area contributed by atoms with Crippen molar-refractivity contribution in [3.8, 4) is 29.1 Å². The van der Waals surface area contributed by atoms with Crippen LogP contribution in [0.15, 0.2) is 48.7 Å². The van der Waals surface area contributed by atoms with Gasteiger partial charge < -0.3 is 23.8 Å². The maximum Gasteiger partial charge on any atom is 0.451 e. The normalized spacial score (nSPS) is 19.0. The number of nitrogens with zero attached hydrogens (tertiary/aromatic N) is 7. The summed E-state index contributed by atoms with van der Waals surface area (Å²) in [4.78, 5) is 13.8. The van der Waals surface area contributed by atoms with Crippen molar-refractivity contribution >= 4 is 11.0 Å². The Morgan fingerprint density at radius 1 is 1.14 bits per heavy atom. The minimum Gasteiger partial charge on any atom is -0.444 e. The number of halogens is 4. The number of alkyl halides is 3. The van der Waals surface area contributed by atoms with Crippen molar-refractivity contribution in [1.82, 2.24) is 34.6 Å². The fourth-order valence-corrected chi connectivity index (χ4v) is 6.50. The highest BCUT2D eigenvalue weighted by Crippen LogP contribution is 2.49. The monoisotopic (exact) mass is 676 g/mol.